The number of rotatable bonds is 4. The molecule has 0 heterocycles. The molecule has 3 nitrogen and oxygen atoms in total. The average molecular weight is 161 g/mol. The van der Waals surface area contributed by atoms with Crippen LogP contribution in [0.25, 0.3) is 0 Å². The highest BCUT2D eigenvalue weighted by Gasteiger charge is 2.20. The summed E-state index contributed by atoms with van der Waals surface area (Å²) >= 11 is 0. The van der Waals surface area contributed by atoms with E-state index in [1.165, 1.54) is 0 Å². The van der Waals surface area contributed by atoms with Crippen LogP contribution in [0.4, 0.5) is 0 Å². The number of nitrogens with two attached hydrogens (primary N) is 1. The quantitative estimate of drug-likeness (QED) is 0.628. The van der Waals surface area contributed by atoms with Gasteiger partial charge in [0.05, 0.1) is 12.2 Å². The first-order chi connectivity index (χ1) is 4.77. The molecule has 0 radical (unpaired) electrons. The average Bonchev–Trinajstić information content (AvgIpc) is 1.83. The summed E-state index contributed by atoms with van der Waals surface area (Å²) in [5, 5.41) is 0. The maximum absolute atomic E-state index is 5.62. The first-order valence-electron chi connectivity index (χ1n) is 3.75. The van der Waals surface area contributed by atoms with Gasteiger partial charge in [0.15, 0.2) is 0 Å². The van der Waals surface area contributed by atoms with Crippen LogP contribution in [0.3, 0.4) is 0 Å². The summed E-state index contributed by atoms with van der Waals surface area (Å²) in [5.41, 5.74) is 4.79. The number of ether oxygens (including phenoxy) is 2. The van der Waals surface area contributed by atoms with E-state index in [0.717, 1.165) is 0 Å². The highest BCUT2D eigenvalue weighted by Crippen LogP contribution is 2.11. The zero-order chi connectivity index (χ0) is 9.12. The molecule has 0 atom stereocenters. The lowest BCUT2D eigenvalue weighted by Gasteiger charge is -2.28. The third-order valence-electron chi connectivity index (χ3n) is 1.34. The second-order valence-electron chi connectivity index (χ2n) is 3.86. The highest BCUT2D eigenvalue weighted by molar-refractivity contribution is 4.69. The fraction of sp³-hybridized carbons (Fsp3) is 1.00. The predicted molar refractivity (Wildman–Crippen MR) is 45.3 cm³/mol. The van der Waals surface area contributed by atoms with E-state index in [0.29, 0.717) is 6.61 Å². The minimum absolute atomic E-state index is 0.253. The Balaban J connectivity index is 3.70. The van der Waals surface area contributed by atoms with Crippen molar-refractivity contribution in [3.63, 3.8) is 0 Å². The van der Waals surface area contributed by atoms with Crippen molar-refractivity contribution in [3.05, 3.63) is 0 Å². The third-order valence-corrected chi connectivity index (χ3v) is 1.34. The number of hydrogen-bond acceptors (Lipinski definition) is 3. The Kier molecular flexibility index (Phi) is 3.48. The first-order valence-corrected chi connectivity index (χ1v) is 3.75. The topological polar surface area (TPSA) is 44.5 Å². The Bertz CT molecular complexity index is 116. The molecule has 0 rings (SSSR count). The fourth-order valence-corrected chi connectivity index (χ4v) is 0.419. The Morgan fingerprint density at radius 2 is 1.64 bits per heavy atom. The van der Waals surface area contributed by atoms with Crippen LogP contribution >= 0.6 is 0 Å². The van der Waals surface area contributed by atoms with Gasteiger partial charge < -0.3 is 15.2 Å². The van der Waals surface area contributed by atoms with Gasteiger partial charge in [-0.3, -0.25) is 0 Å². The minimum Gasteiger partial charge on any atom is -0.376 e. The van der Waals surface area contributed by atoms with Gasteiger partial charge in [-0.1, -0.05) is 0 Å². The van der Waals surface area contributed by atoms with E-state index in [9.17, 15) is 0 Å². The second kappa shape index (κ2) is 3.52. The van der Waals surface area contributed by atoms with Gasteiger partial charge in [-0.2, -0.15) is 0 Å². The largest absolute Gasteiger partial charge is 0.376 e. The summed E-state index contributed by atoms with van der Waals surface area (Å²) in [5.74, 6) is 0. The number of hydrogen-bond donors (Lipinski definition) is 1. The first kappa shape index (κ1) is 10.9. The molecule has 0 aromatic rings. The molecular formula is C8H19NO2. The van der Waals surface area contributed by atoms with E-state index in [-0.39, 0.29) is 5.60 Å². The summed E-state index contributed by atoms with van der Waals surface area (Å²) < 4.78 is 10.5. The lowest BCUT2D eigenvalue weighted by Crippen LogP contribution is -2.41. The smallest absolute Gasteiger partial charge is 0.111 e. The normalized spacial score (nSPS) is 13.6. The minimum atomic E-state index is -0.574. The molecule has 0 unspecified atom stereocenters. The van der Waals surface area contributed by atoms with Gasteiger partial charge in [0.1, 0.15) is 5.72 Å². The lowest BCUT2D eigenvalue weighted by atomic mass is 10.1. The standard InChI is InChI=1S/C8H19NO2/c1-7(2,10-5)6-11-8(3,4)9/h6,9H2,1-5H3. The Morgan fingerprint density at radius 3 is 1.91 bits per heavy atom. The van der Waals surface area contributed by atoms with Crippen molar-refractivity contribution in [1.82, 2.24) is 0 Å². The molecule has 0 aliphatic heterocycles. The van der Waals surface area contributed by atoms with Crippen LogP contribution in [0.15, 0.2) is 0 Å². The molecule has 0 aliphatic carbocycles. The fourth-order valence-electron chi connectivity index (χ4n) is 0.419. The Labute approximate surface area is 68.9 Å². The van der Waals surface area contributed by atoms with Crippen molar-refractivity contribution in [1.29, 1.82) is 0 Å². The Morgan fingerprint density at radius 1 is 1.18 bits per heavy atom. The van der Waals surface area contributed by atoms with E-state index >= 15 is 0 Å². The van der Waals surface area contributed by atoms with Crippen molar-refractivity contribution < 1.29 is 9.47 Å². The summed E-state index contributed by atoms with van der Waals surface area (Å²) in [4.78, 5) is 0. The molecule has 0 aromatic heterocycles. The van der Waals surface area contributed by atoms with E-state index in [1.54, 1.807) is 7.11 Å². The zero-order valence-corrected chi connectivity index (χ0v) is 8.10. The van der Waals surface area contributed by atoms with E-state index < -0.39 is 5.72 Å². The van der Waals surface area contributed by atoms with Gasteiger partial charge in [0.2, 0.25) is 0 Å². The van der Waals surface area contributed by atoms with Gasteiger partial charge in [0, 0.05) is 7.11 Å². The van der Waals surface area contributed by atoms with Crippen molar-refractivity contribution >= 4 is 0 Å². The van der Waals surface area contributed by atoms with Crippen LogP contribution < -0.4 is 5.73 Å². The van der Waals surface area contributed by atoms with Gasteiger partial charge in [-0.15, -0.1) is 0 Å². The van der Waals surface area contributed by atoms with Crippen LogP contribution in [0.1, 0.15) is 27.7 Å². The highest BCUT2D eigenvalue weighted by atomic mass is 16.6. The molecule has 0 amide bonds. The van der Waals surface area contributed by atoms with E-state index in [4.69, 9.17) is 15.2 Å². The molecule has 2 N–H and O–H groups in total. The summed E-state index contributed by atoms with van der Waals surface area (Å²) in [6, 6.07) is 0. The van der Waals surface area contributed by atoms with E-state index in [2.05, 4.69) is 0 Å². The monoisotopic (exact) mass is 161 g/mol. The van der Waals surface area contributed by atoms with Gasteiger partial charge in [-0.05, 0) is 27.7 Å². The molecule has 0 fully saturated rings. The molecule has 0 bridgehead atoms. The molecule has 0 saturated heterocycles. The maximum atomic E-state index is 5.62. The molecule has 0 spiro atoms. The lowest BCUT2D eigenvalue weighted by molar-refractivity contribution is -0.104. The van der Waals surface area contributed by atoms with Crippen LogP contribution in [0, 0.1) is 0 Å². The van der Waals surface area contributed by atoms with Crippen molar-refractivity contribution in [2.24, 2.45) is 5.73 Å². The van der Waals surface area contributed by atoms with Gasteiger partial charge >= 0.3 is 0 Å². The molecule has 11 heavy (non-hydrogen) atoms. The summed E-state index contributed by atoms with van der Waals surface area (Å²) in [7, 11) is 1.66. The zero-order valence-electron chi connectivity index (χ0n) is 8.10. The van der Waals surface area contributed by atoms with Gasteiger partial charge in [-0.25, -0.2) is 0 Å². The van der Waals surface area contributed by atoms with Crippen LogP contribution in [-0.2, 0) is 9.47 Å². The SMILES string of the molecule is COC(C)(C)COC(C)(C)N. The molecule has 0 aliphatic rings. The molecule has 3 heteroatoms. The van der Waals surface area contributed by atoms with Crippen molar-refractivity contribution in [2.45, 2.75) is 39.0 Å². The molecule has 0 saturated carbocycles. The van der Waals surface area contributed by atoms with Crippen LogP contribution in [-0.4, -0.2) is 25.0 Å². The van der Waals surface area contributed by atoms with Crippen LogP contribution in [0.5, 0.6) is 0 Å². The maximum Gasteiger partial charge on any atom is 0.111 e. The molecule has 0 aromatic carbocycles. The summed E-state index contributed by atoms with van der Waals surface area (Å²) in [6.07, 6.45) is 0. The number of methoxy groups -OCH3 is 1. The van der Waals surface area contributed by atoms with Crippen molar-refractivity contribution in [2.75, 3.05) is 13.7 Å². The molecule has 68 valence electrons. The van der Waals surface area contributed by atoms with Crippen molar-refractivity contribution in [3.8, 4) is 0 Å². The second-order valence-corrected chi connectivity index (χ2v) is 3.86. The predicted octanol–water partition coefficient (Wildman–Crippen LogP) is 1.12. The van der Waals surface area contributed by atoms with Crippen LogP contribution in [0.2, 0.25) is 0 Å². The third kappa shape index (κ3) is 6.28. The Hall–Kier alpha value is -0.120. The molecular weight excluding hydrogens is 142 g/mol. The summed E-state index contributed by atoms with van der Waals surface area (Å²) in [6.45, 7) is 8.06. The van der Waals surface area contributed by atoms with Gasteiger partial charge in [0.25, 0.3) is 0 Å². The van der Waals surface area contributed by atoms with E-state index in [1.807, 2.05) is 27.7 Å².